The number of nitro benzene ring substituents is 1. The summed E-state index contributed by atoms with van der Waals surface area (Å²) in [6.45, 7) is 1.79. The van der Waals surface area contributed by atoms with Crippen LogP contribution >= 0.6 is 11.6 Å². The highest BCUT2D eigenvalue weighted by molar-refractivity contribution is 6.31. The van der Waals surface area contributed by atoms with Crippen LogP contribution in [0.5, 0.6) is 0 Å². The van der Waals surface area contributed by atoms with Crippen LogP contribution in [0.25, 0.3) is 0 Å². The van der Waals surface area contributed by atoms with E-state index < -0.39 is 4.92 Å². The van der Waals surface area contributed by atoms with Crippen molar-refractivity contribution in [2.75, 3.05) is 0 Å². The van der Waals surface area contributed by atoms with Gasteiger partial charge in [0.2, 0.25) is 0 Å². The summed E-state index contributed by atoms with van der Waals surface area (Å²) in [5, 5.41) is 10.8. The van der Waals surface area contributed by atoms with Gasteiger partial charge >= 0.3 is 0 Å². The van der Waals surface area contributed by atoms with Gasteiger partial charge in [-0.2, -0.15) is 0 Å². The van der Waals surface area contributed by atoms with Crippen LogP contribution in [0, 0.1) is 17.0 Å². The number of nitro groups is 1. The van der Waals surface area contributed by atoms with Crippen LogP contribution in [0.15, 0.2) is 12.1 Å². The maximum absolute atomic E-state index is 10.4. The van der Waals surface area contributed by atoms with Crippen molar-refractivity contribution >= 4 is 25.1 Å². The summed E-state index contributed by atoms with van der Waals surface area (Å²) in [7, 11) is 5.41. The van der Waals surface area contributed by atoms with Gasteiger partial charge in [-0.1, -0.05) is 17.9 Å². The molecule has 0 unspecified atom stereocenters. The predicted molar refractivity (Wildman–Crippen MR) is 52.3 cm³/mol. The molecular formula is C8H7BClNO2. The lowest BCUT2D eigenvalue weighted by atomic mass is 9.93. The second-order valence-electron chi connectivity index (χ2n) is 2.67. The number of hydrogen-bond acceptors (Lipinski definition) is 2. The molecule has 3 nitrogen and oxygen atoms in total. The third-order valence-corrected chi connectivity index (χ3v) is 2.26. The molecule has 0 spiro atoms. The third-order valence-electron chi connectivity index (χ3n) is 1.87. The highest BCUT2D eigenvalue weighted by atomic mass is 35.5. The molecule has 0 bridgehead atoms. The number of halogens is 1. The number of hydrogen-bond donors (Lipinski definition) is 0. The summed E-state index contributed by atoms with van der Waals surface area (Å²) < 4.78 is 0. The average molecular weight is 195 g/mol. The number of non-ortho nitro benzene ring substituents is 1. The Hall–Kier alpha value is -1.03. The van der Waals surface area contributed by atoms with Crippen LogP contribution in [0.3, 0.4) is 0 Å². The first-order chi connectivity index (χ1) is 6.06. The minimum atomic E-state index is -0.482. The van der Waals surface area contributed by atoms with E-state index in [0.717, 1.165) is 5.56 Å². The van der Waals surface area contributed by atoms with E-state index in [0.29, 0.717) is 10.6 Å². The lowest BCUT2D eigenvalue weighted by Crippen LogP contribution is -1.94. The van der Waals surface area contributed by atoms with Crippen LogP contribution in [0.4, 0.5) is 5.69 Å². The molecule has 0 saturated carbocycles. The standard InChI is InChI=1S/C8H7BClNO2/c1-5-6(4-9)2-7(11(12)13)3-8(5)10/h2-3H,4H2,1H3. The molecule has 1 rings (SSSR count). The molecule has 0 aromatic heterocycles. The molecule has 1 aromatic carbocycles. The molecule has 0 aliphatic rings. The highest BCUT2D eigenvalue weighted by Gasteiger charge is 2.11. The first kappa shape index (κ1) is 10.1. The van der Waals surface area contributed by atoms with Crippen molar-refractivity contribution in [2.24, 2.45) is 0 Å². The van der Waals surface area contributed by atoms with Crippen molar-refractivity contribution in [3.8, 4) is 0 Å². The first-order valence-corrected chi connectivity index (χ1v) is 4.07. The topological polar surface area (TPSA) is 43.1 Å². The van der Waals surface area contributed by atoms with Gasteiger partial charge in [-0.05, 0) is 18.1 Å². The molecule has 0 aliphatic carbocycles. The minimum absolute atomic E-state index is 0.0175. The van der Waals surface area contributed by atoms with Crippen LogP contribution in [0.1, 0.15) is 11.1 Å². The van der Waals surface area contributed by atoms with Gasteiger partial charge in [-0.15, -0.1) is 0 Å². The average Bonchev–Trinajstić information content (AvgIpc) is 2.09. The molecule has 0 fully saturated rings. The van der Waals surface area contributed by atoms with E-state index in [-0.39, 0.29) is 12.0 Å². The minimum Gasteiger partial charge on any atom is -0.258 e. The fourth-order valence-electron chi connectivity index (χ4n) is 1.04. The van der Waals surface area contributed by atoms with Gasteiger partial charge in [0, 0.05) is 12.1 Å². The van der Waals surface area contributed by atoms with Crippen molar-refractivity contribution in [3.05, 3.63) is 38.4 Å². The SMILES string of the molecule is [B]Cc1cc([N+](=O)[O-])cc(Cl)c1C. The van der Waals surface area contributed by atoms with E-state index in [2.05, 4.69) is 0 Å². The Labute approximate surface area is 82.3 Å². The van der Waals surface area contributed by atoms with Gasteiger partial charge in [0.25, 0.3) is 5.69 Å². The Bertz CT molecular complexity index is 354. The van der Waals surface area contributed by atoms with Gasteiger partial charge in [0.05, 0.1) is 17.8 Å². The monoisotopic (exact) mass is 195 g/mol. The molecule has 0 saturated heterocycles. The Morgan fingerprint density at radius 2 is 2.23 bits per heavy atom. The molecule has 13 heavy (non-hydrogen) atoms. The quantitative estimate of drug-likeness (QED) is 0.412. The summed E-state index contributed by atoms with van der Waals surface area (Å²) in [5.41, 5.74) is 1.49. The van der Waals surface area contributed by atoms with Crippen LogP contribution in [-0.4, -0.2) is 12.8 Å². The molecule has 2 radical (unpaired) electrons. The zero-order valence-electron chi connectivity index (χ0n) is 7.08. The predicted octanol–water partition coefficient (Wildman–Crippen LogP) is 2.23. The Balaban J connectivity index is 3.30. The van der Waals surface area contributed by atoms with Gasteiger partial charge < -0.3 is 0 Å². The normalized spacial score (nSPS) is 10.0. The van der Waals surface area contributed by atoms with E-state index in [9.17, 15) is 10.1 Å². The maximum atomic E-state index is 10.4. The van der Waals surface area contributed by atoms with Crippen molar-refractivity contribution in [1.29, 1.82) is 0 Å². The van der Waals surface area contributed by atoms with Crippen LogP contribution < -0.4 is 0 Å². The van der Waals surface area contributed by atoms with Gasteiger partial charge in [0.1, 0.15) is 0 Å². The van der Waals surface area contributed by atoms with Gasteiger partial charge in [-0.3, -0.25) is 10.1 Å². The van der Waals surface area contributed by atoms with Crippen molar-refractivity contribution in [2.45, 2.75) is 13.2 Å². The summed E-state index contributed by atoms with van der Waals surface area (Å²) in [4.78, 5) is 9.96. The Morgan fingerprint density at radius 1 is 1.62 bits per heavy atom. The number of nitrogens with zero attached hydrogens (tertiary/aromatic N) is 1. The maximum Gasteiger partial charge on any atom is 0.271 e. The number of rotatable bonds is 2. The molecule has 1 aromatic rings. The first-order valence-electron chi connectivity index (χ1n) is 3.69. The third kappa shape index (κ3) is 2.01. The van der Waals surface area contributed by atoms with Crippen molar-refractivity contribution in [1.82, 2.24) is 0 Å². The highest BCUT2D eigenvalue weighted by Crippen LogP contribution is 2.25. The Kier molecular flexibility index (Phi) is 2.93. The second-order valence-corrected chi connectivity index (χ2v) is 3.08. The molecule has 5 heteroatoms. The van der Waals surface area contributed by atoms with E-state index in [1.165, 1.54) is 12.1 Å². The van der Waals surface area contributed by atoms with Gasteiger partial charge in [0.15, 0.2) is 0 Å². The lowest BCUT2D eigenvalue weighted by Gasteiger charge is -2.04. The van der Waals surface area contributed by atoms with Crippen LogP contribution in [0.2, 0.25) is 5.02 Å². The van der Waals surface area contributed by atoms with Crippen molar-refractivity contribution in [3.63, 3.8) is 0 Å². The molecule has 0 atom stereocenters. The second kappa shape index (κ2) is 3.79. The van der Waals surface area contributed by atoms with Crippen LogP contribution in [-0.2, 0) is 6.32 Å². The molecule has 66 valence electrons. The Morgan fingerprint density at radius 3 is 2.69 bits per heavy atom. The molecular weight excluding hydrogens is 188 g/mol. The molecule has 0 heterocycles. The number of benzene rings is 1. The summed E-state index contributed by atoms with van der Waals surface area (Å²) in [6, 6.07) is 2.78. The van der Waals surface area contributed by atoms with E-state index in [1.54, 1.807) is 6.92 Å². The smallest absolute Gasteiger partial charge is 0.258 e. The molecule has 0 amide bonds. The fourth-order valence-corrected chi connectivity index (χ4v) is 1.27. The van der Waals surface area contributed by atoms with Gasteiger partial charge in [-0.25, -0.2) is 0 Å². The fraction of sp³-hybridized carbons (Fsp3) is 0.250. The summed E-state index contributed by atoms with van der Waals surface area (Å²) >= 11 is 5.78. The largest absolute Gasteiger partial charge is 0.271 e. The van der Waals surface area contributed by atoms with Crippen molar-refractivity contribution < 1.29 is 4.92 Å². The molecule has 0 aliphatic heterocycles. The zero-order chi connectivity index (χ0) is 10.0. The van der Waals surface area contributed by atoms with E-state index in [1.807, 2.05) is 0 Å². The lowest BCUT2D eigenvalue weighted by molar-refractivity contribution is -0.384. The summed E-state index contributed by atoms with van der Waals surface area (Å²) in [6.07, 6.45) is 0.257. The molecule has 0 N–H and O–H groups in total. The summed E-state index contributed by atoms with van der Waals surface area (Å²) in [5.74, 6) is 0. The van der Waals surface area contributed by atoms with E-state index in [4.69, 9.17) is 19.4 Å². The zero-order valence-corrected chi connectivity index (χ0v) is 7.84. The van der Waals surface area contributed by atoms with E-state index >= 15 is 0 Å².